The van der Waals surface area contributed by atoms with Gasteiger partial charge in [0.15, 0.2) is 0 Å². The number of H-pyrrole nitrogens is 1. The third-order valence-corrected chi connectivity index (χ3v) is 3.67. The normalized spacial score (nSPS) is 11.0. The molecule has 1 amide bonds. The van der Waals surface area contributed by atoms with Crippen molar-refractivity contribution < 1.29 is 4.79 Å². The number of benzene rings is 1. The number of amides is 1. The Kier molecular flexibility index (Phi) is 4.52. The summed E-state index contributed by atoms with van der Waals surface area (Å²) in [7, 11) is 0. The summed E-state index contributed by atoms with van der Waals surface area (Å²) < 4.78 is 1.60. The molecule has 0 saturated heterocycles. The molecule has 0 unspecified atom stereocenters. The number of aromatic amines is 1. The monoisotopic (exact) mass is 333 g/mol. The van der Waals surface area contributed by atoms with Crippen molar-refractivity contribution in [3.63, 3.8) is 0 Å². The van der Waals surface area contributed by atoms with Crippen molar-refractivity contribution in [2.24, 2.45) is 0 Å². The Labute approximate surface area is 137 Å². The fourth-order valence-electron chi connectivity index (χ4n) is 2.23. The van der Waals surface area contributed by atoms with Crippen LogP contribution in [0, 0.1) is 6.92 Å². The number of carbonyl (C=O) groups excluding carboxylic acids is 1. The Morgan fingerprint density at radius 3 is 3.09 bits per heavy atom. The molecule has 3 aromatic rings. The van der Waals surface area contributed by atoms with E-state index in [0.717, 1.165) is 16.9 Å². The van der Waals surface area contributed by atoms with Crippen molar-refractivity contribution >= 4 is 28.5 Å². The highest BCUT2D eigenvalue weighted by Crippen LogP contribution is 2.17. The van der Waals surface area contributed by atoms with Crippen LogP contribution in [0.3, 0.4) is 0 Å². The summed E-state index contributed by atoms with van der Waals surface area (Å²) in [4.78, 5) is 19.5. The molecule has 1 aromatic carbocycles. The summed E-state index contributed by atoms with van der Waals surface area (Å²) in [6.07, 6.45) is 0.962. The van der Waals surface area contributed by atoms with Crippen LogP contribution < -0.4 is 5.32 Å². The molecule has 3 rings (SSSR count). The summed E-state index contributed by atoms with van der Waals surface area (Å²) in [5.41, 5.74) is 1.76. The van der Waals surface area contributed by atoms with Crippen LogP contribution in [0.5, 0.6) is 0 Å². The first-order valence-corrected chi connectivity index (χ1v) is 7.63. The number of hydrogen-bond acceptors (Lipinski definition) is 5. The van der Waals surface area contributed by atoms with E-state index in [9.17, 15) is 4.79 Å². The second kappa shape index (κ2) is 6.74. The van der Waals surface area contributed by atoms with Gasteiger partial charge in [0.2, 0.25) is 5.91 Å². The van der Waals surface area contributed by atoms with Gasteiger partial charge < -0.3 is 10.3 Å². The summed E-state index contributed by atoms with van der Waals surface area (Å²) in [5, 5.41) is 14.6. The molecule has 8 nitrogen and oxygen atoms in total. The fourth-order valence-corrected chi connectivity index (χ4v) is 2.40. The minimum Gasteiger partial charge on any atom is -0.356 e. The molecule has 0 aliphatic carbocycles. The highest BCUT2D eigenvalue weighted by Gasteiger charge is 2.07. The highest BCUT2D eigenvalue weighted by atomic mass is 35.5. The Bertz CT molecular complexity index is 826. The van der Waals surface area contributed by atoms with Crippen LogP contribution in [-0.2, 0) is 17.8 Å². The number of halogens is 1. The third-order valence-electron chi connectivity index (χ3n) is 3.44. The van der Waals surface area contributed by atoms with Crippen molar-refractivity contribution in [2.75, 3.05) is 6.54 Å². The lowest BCUT2D eigenvalue weighted by Gasteiger charge is -2.04. The predicted octanol–water partition coefficient (Wildman–Crippen LogP) is 1.26. The van der Waals surface area contributed by atoms with E-state index in [2.05, 4.69) is 30.8 Å². The van der Waals surface area contributed by atoms with Gasteiger partial charge in [-0.1, -0.05) is 11.6 Å². The Morgan fingerprint density at radius 1 is 1.43 bits per heavy atom. The topological polar surface area (TPSA) is 101 Å². The molecule has 2 aromatic heterocycles. The van der Waals surface area contributed by atoms with E-state index in [0.29, 0.717) is 36.8 Å². The van der Waals surface area contributed by atoms with Gasteiger partial charge in [-0.25, -0.2) is 9.67 Å². The average Bonchev–Trinajstić information content (AvgIpc) is 3.10. The molecule has 0 spiro atoms. The number of tetrazole rings is 1. The van der Waals surface area contributed by atoms with Gasteiger partial charge >= 0.3 is 0 Å². The molecule has 0 aliphatic rings. The SMILES string of the molecule is Cc1nnnn1CCC(=O)NCCc1nc2ccc(Cl)cc2[nH]1. The van der Waals surface area contributed by atoms with E-state index >= 15 is 0 Å². The van der Waals surface area contributed by atoms with Gasteiger partial charge in [-0.3, -0.25) is 4.79 Å². The molecule has 9 heteroatoms. The molecule has 0 fully saturated rings. The van der Waals surface area contributed by atoms with Crippen LogP contribution in [-0.4, -0.2) is 42.6 Å². The van der Waals surface area contributed by atoms with Crippen LogP contribution in [0.25, 0.3) is 11.0 Å². The molecule has 23 heavy (non-hydrogen) atoms. The molecule has 0 aliphatic heterocycles. The number of fused-ring (bicyclic) bond motifs is 1. The number of imidazole rings is 1. The van der Waals surface area contributed by atoms with Gasteiger partial charge in [0.05, 0.1) is 17.6 Å². The average molecular weight is 334 g/mol. The molecule has 2 heterocycles. The number of nitrogens with zero attached hydrogens (tertiary/aromatic N) is 5. The van der Waals surface area contributed by atoms with Crippen molar-refractivity contribution in [3.05, 3.63) is 34.9 Å². The van der Waals surface area contributed by atoms with E-state index in [1.54, 1.807) is 17.7 Å². The van der Waals surface area contributed by atoms with Gasteiger partial charge in [0.1, 0.15) is 11.6 Å². The molecule has 120 valence electrons. The summed E-state index contributed by atoms with van der Waals surface area (Å²) in [6.45, 7) is 2.78. The van der Waals surface area contributed by atoms with Crippen molar-refractivity contribution in [1.82, 2.24) is 35.5 Å². The van der Waals surface area contributed by atoms with Gasteiger partial charge in [-0.15, -0.1) is 5.10 Å². The predicted molar refractivity (Wildman–Crippen MR) is 85.0 cm³/mol. The number of aryl methyl sites for hydroxylation is 2. The molecule has 0 atom stereocenters. The lowest BCUT2D eigenvalue weighted by atomic mass is 10.3. The van der Waals surface area contributed by atoms with Gasteiger partial charge in [-0.05, 0) is 35.5 Å². The van der Waals surface area contributed by atoms with Gasteiger partial charge in [0.25, 0.3) is 0 Å². The van der Waals surface area contributed by atoms with Crippen molar-refractivity contribution in [1.29, 1.82) is 0 Å². The van der Waals surface area contributed by atoms with E-state index in [1.807, 2.05) is 12.1 Å². The van der Waals surface area contributed by atoms with Crippen LogP contribution in [0.1, 0.15) is 18.1 Å². The number of hydrogen-bond donors (Lipinski definition) is 2. The van der Waals surface area contributed by atoms with Crippen LogP contribution in [0.2, 0.25) is 5.02 Å². The minimum absolute atomic E-state index is 0.0425. The largest absolute Gasteiger partial charge is 0.356 e. The number of carbonyl (C=O) groups is 1. The molecule has 0 bridgehead atoms. The van der Waals surface area contributed by atoms with E-state index in [1.165, 1.54) is 0 Å². The second-order valence-electron chi connectivity index (χ2n) is 5.14. The number of rotatable bonds is 6. The zero-order valence-corrected chi connectivity index (χ0v) is 13.3. The Hall–Kier alpha value is -2.48. The smallest absolute Gasteiger partial charge is 0.221 e. The highest BCUT2D eigenvalue weighted by molar-refractivity contribution is 6.31. The summed E-state index contributed by atoms with van der Waals surface area (Å²) >= 11 is 5.94. The van der Waals surface area contributed by atoms with Gasteiger partial charge in [0, 0.05) is 24.4 Å². The lowest BCUT2D eigenvalue weighted by molar-refractivity contribution is -0.121. The quantitative estimate of drug-likeness (QED) is 0.707. The maximum atomic E-state index is 11.8. The maximum Gasteiger partial charge on any atom is 0.221 e. The fraction of sp³-hybridized carbons (Fsp3) is 0.357. The van der Waals surface area contributed by atoms with Crippen molar-refractivity contribution in [2.45, 2.75) is 26.3 Å². The van der Waals surface area contributed by atoms with Gasteiger partial charge in [-0.2, -0.15) is 0 Å². The third kappa shape index (κ3) is 3.84. The zero-order chi connectivity index (χ0) is 16.2. The van der Waals surface area contributed by atoms with Crippen LogP contribution >= 0.6 is 11.6 Å². The summed E-state index contributed by atoms with van der Waals surface area (Å²) in [6, 6.07) is 5.50. The Morgan fingerprint density at radius 2 is 2.30 bits per heavy atom. The molecule has 0 saturated carbocycles. The zero-order valence-electron chi connectivity index (χ0n) is 12.6. The number of aromatic nitrogens is 6. The van der Waals surface area contributed by atoms with Crippen LogP contribution in [0.15, 0.2) is 18.2 Å². The number of nitrogens with one attached hydrogen (secondary N) is 2. The summed E-state index contributed by atoms with van der Waals surface area (Å²) in [5.74, 6) is 1.47. The first-order valence-electron chi connectivity index (χ1n) is 7.25. The minimum atomic E-state index is -0.0425. The Balaban J connectivity index is 1.46. The molecular formula is C14H16ClN7O. The molecular weight excluding hydrogens is 318 g/mol. The molecule has 0 radical (unpaired) electrons. The van der Waals surface area contributed by atoms with E-state index in [4.69, 9.17) is 11.6 Å². The lowest BCUT2D eigenvalue weighted by Crippen LogP contribution is -2.27. The maximum absolute atomic E-state index is 11.8. The van der Waals surface area contributed by atoms with Crippen LogP contribution in [0.4, 0.5) is 0 Å². The van der Waals surface area contributed by atoms with Crippen molar-refractivity contribution in [3.8, 4) is 0 Å². The first kappa shape index (κ1) is 15.4. The first-order chi connectivity index (χ1) is 11.1. The van der Waals surface area contributed by atoms with E-state index in [-0.39, 0.29) is 5.91 Å². The van der Waals surface area contributed by atoms with E-state index < -0.39 is 0 Å². The standard InChI is InChI=1S/C14H16ClN7O/c1-9-19-20-21-22(9)7-5-14(23)16-6-4-13-17-11-3-2-10(15)8-12(11)18-13/h2-3,8H,4-7H2,1H3,(H,16,23)(H,17,18). The second-order valence-corrected chi connectivity index (χ2v) is 5.58. The molecule has 2 N–H and O–H groups in total.